The molecule has 0 radical (unpaired) electrons. The smallest absolute Gasteiger partial charge is 0.166 e. The zero-order valence-electron chi connectivity index (χ0n) is 10.7. The van der Waals surface area contributed by atoms with Crippen molar-refractivity contribution in [3.8, 4) is 5.75 Å². The molecule has 0 saturated carbocycles. The summed E-state index contributed by atoms with van der Waals surface area (Å²) in [6.45, 7) is 0.960. The summed E-state index contributed by atoms with van der Waals surface area (Å²) in [5, 5.41) is 0. The minimum Gasteiger partial charge on any atom is -0.497 e. The lowest BCUT2D eigenvalue weighted by atomic mass is 10.0. The SMILES string of the molecule is COc1ccc2c(c1)C(=O)[C@@H](CCN(C)C)C2. The standard InChI is InChI=1S/C14H19NO2/c1-15(2)7-6-11-8-10-4-5-12(17-3)9-13(10)14(11)16/h4-5,9,11H,6-8H2,1-3H3/t11-/m0/s1. The van der Waals surface area contributed by atoms with Crippen LogP contribution in [0.25, 0.3) is 0 Å². The molecule has 3 nitrogen and oxygen atoms in total. The maximum Gasteiger partial charge on any atom is 0.166 e. The van der Waals surface area contributed by atoms with Crippen LogP contribution in [0.2, 0.25) is 0 Å². The van der Waals surface area contributed by atoms with Crippen molar-refractivity contribution < 1.29 is 9.53 Å². The first-order valence-electron chi connectivity index (χ1n) is 5.97. The highest BCUT2D eigenvalue weighted by Crippen LogP contribution is 2.31. The van der Waals surface area contributed by atoms with E-state index >= 15 is 0 Å². The lowest BCUT2D eigenvalue weighted by molar-refractivity contribution is 0.0925. The van der Waals surface area contributed by atoms with Crippen molar-refractivity contribution in [3.63, 3.8) is 0 Å². The van der Waals surface area contributed by atoms with E-state index in [9.17, 15) is 4.79 Å². The Morgan fingerprint density at radius 1 is 1.41 bits per heavy atom. The number of benzene rings is 1. The zero-order chi connectivity index (χ0) is 12.4. The Bertz CT molecular complexity index is 426. The summed E-state index contributed by atoms with van der Waals surface area (Å²) in [5.74, 6) is 1.20. The Balaban J connectivity index is 2.12. The van der Waals surface area contributed by atoms with E-state index in [1.807, 2.05) is 32.3 Å². The van der Waals surface area contributed by atoms with Crippen LogP contribution in [-0.4, -0.2) is 38.4 Å². The maximum atomic E-state index is 12.2. The Morgan fingerprint density at radius 3 is 2.82 bits per heavy atom. The second-order valence-corrected chi connectivity index (χ2v) is 4.88. The van der Waals surface area contributed by atoms with E-state index in [1.165, 1.54) is 5.56 Å². The van der Waals surface area contributed by atoms with Gasteiger partial charge in [0.2, 0.25) is 0 Å². The predicted octanol–water partition coefficient (Wildman–Crippen LogP) is 2.00. The van der Waals surface area contributed by atoms with Gasteiger partial charge in [-0.15, -0.1) is 0 Å². The maximum absolute atomic E-state index is 12.2. The van der Waals surface area contributed by atoms with Gasteiger partial charge in [-0.3, -0.25) is 4.79 Å². The third kappa shape index (κ3) is 2.50. The number of rotatable bonds is 4. The molecule has 1 aliphatic carbocycles. The quantitative estimate of drug-likeness (QED) is 0.796. The Hall–Kier alpha value is -1.35. The first-order chi connectivity index (χ1) is 8.11. The molecule has 3 heteroatoms. The van der Waals surface area contributed by atoms with Crippen molar-refractivity contribution in [1.29, 1.82) is 0 Å². The lowest BCUT2D eigenvalue weighted by Crippen LogP contribution is -2.19. The summed E-state index contributed by atoms with van der Waals surface area (Å²) in [5.41, 5.74) is 2.02. The molecule has 1 aromatic carbocycles. The number of carbonyl (C=O) groups is 1. The number of methoxy groups -OCH3 is 1. The molecule has 0 bridgehead atoms. The van der Waals surface area contributed by atoms with Crippen LogP contribution in [0.5, 0.6) is 5.75 Å². The van der Waals surface area contributed by atoms with Gasteiger partial charge in [-0.05, 0) is 51.2 Å². The average Bonchev–Trinajstić information content (AvgIpc) is 2.63. The number of hydrogen-bond acceptors (Lipinski definition) is 3. The van der Waals surface area contributed by atoms with Gasteiger partial charge < -0.3 is 9.64 Å². The monoisotopic (exact) mass is 233 g/mol. The minimum absolute atomic E-state index is 0.152. The van der Waals surface area contributed by atoms with Gasteiger partial charge in [-0.1, -0.05) is 6.07 Å². The van der Waals surface area contributed by atoms with Crippen LogP contribution in [0, 0.1) is 5.92 Å². The van der Waals surface area contributed by atoms with Gasteiger partial charge in [0, 0.05) is 11.5 Å². The summed E-state index contributed by atoms with van der Waals surface area (Å²) in [6, 6.07) is 5.81. The fourth-order valence-corrected chi connectivity index (χ4v) is 2.32. The molecule has 1 aliphatic rings. The molecule has 1 atom stereocenters. The molecule has 0 heterocycles. The molecular weight excluding hydrogens is 214 g/mol. The molecule has 0 fully saturated rings. The number of fused-ring (bicyclic) bond motifs is 1. The van der Waals surface area contributed by atoms with Gasteiger partial charge in [-0.25, -0.2) is 0 Å². The molecule has 1 aromatic rings. The summed E-state index contributed by atoms with van der Waals surface area (Å²) < 4.78 is 5.16. The first kappa shape index (κ1) is 12.1. The number of Topliss-reactive ketones (excluding diaryl/α,β-unsaturated/α-hetero) is 1. The summed E-state index contributed by atoms with van der Waals surface area (Å²) in [7, 11) is 5.70. The molecule has 0 unspecified atom stereocenters. The van der Waals surface area contributed by atoms with Gasteiger partial charge in [0.05, 0.1) is 7.11 Å². The predicted molar refractivity (Wildman–Crippen MR) is 67.7 cm³/mol. The molecule has 0 N–H and O–H groups in total. The highest BCUT2D eigenvalue weighted by Gasteiger charge is 2.30. The van der Waals surface area contributed by atoms with Gasteiger partial charge in [0.1, 0.15) is 5.75 Å². The van der Waals surface area contributed by atoms with Gasteiger partial charge in [0.15, 0.2) is 5.78 Å². The lowest BCUT2D eigenvalue weighted by Gasteiger charge is -2.12. The molecule has 0 spiro atoms. The summed E-state index contributed by atoms with van der Waals surface area (Å²) in [6.07, 6.45) is 1.81. The van der Waals surface area contributed by atoms with Crippen LogP contribution in [0.3, 0.4) is 0 Å². The Labute approximate surface area is 102 Å². The number of hydrogen-bond donors (Lipinski definition) is 0. The van der Waals surface area contributed by atoms with Crippen molar-refractivity contribution in [2.75, 3.05) is 27.7 Å². The van der Waals surface area contributed by atoms with Crippen molar-refractivity contribution in [2.45, 2.75) is 12.8 Å². The number of ether oxygens (including phenoxy) is 1. The fourth-order valence-electron chi connectivity index (χ4n) is 2.32. The van der Waals surface area contributed by atoms with Crippen LogP contribution >= 0.6 is 0 Å². The molecule has 2 rings (SSSR count). The third-order valence-corrected chi connectivity index (χ3v) is 3.34. The summed E-state index contributed by atoms with van der Waals surface area (Å²) >= 11 is 0. The first-order valence-corrected chi connectivity index (χ1v) is 5.97. The molecular formula is C14H19NO2. The van der Waals surface area contributed by atoms with Crippen molar-refractivity contribution in [2.24, 2.45) is 5.92 Å². The Kier molecular flexibility index (Phi) is 3.48. The molecule has 92 valence electrons. The van der Waals surface area contributed by atoms with E-state index in [0.29, 0.717) is 0 Å². The van der Waals surface area contributed by atoms with Crippen molar-refractivity contribution >= 4 is 5.78 Å². The molecule has 0 saturated heterocycles. The van der Waals surface area contributed by atoms with Crippen LogP contribution in [0.1, 0.15) is 22.3 Å². The largest absolute Gasteiger partial charge is 0.497 e. The van der Waals surface area contributed by atoms with E-state index in [1.54, 1.807) is 7.11 Å². The van der Waals surface area contributed by atoms with Crippen LogP contribution in [0.15, 0.2) is 18.2 Å². The molecule has 0 aliphatic heterocycles. The highest BCUT2D eigenvalue weighted by atomic mass is 16.5. The van der Waals surface area contributed by atoms with E-state index in [0.717, 1.165) is 30.7 Å². The second kappa shape index (κ2) is 4.88. The average molecular weight is 233 g/mol. The van der Waals surface area contributed by atoms with Crippen LogP contribution in [-0.2, 0) is 6.42 Å². The van der Waals surface area contributed by atoms with E-state index in [2.05, 4.69) is 4.90 Å². The Morgan fingerprint density at radius 2 is 2.18 bits per heavy atom. The topological polar surface area (TPSA) is 29.5 Å². The van der Waals surface area contributed by atoms with Gasteiger partial charge >= 0.3 is 0 Å². The molecule has 17 heavy (non-hydrogen) atoms. The fraction of sp³-hybridized carbons (Fsp3) is 0.500. The summed E-state index contributed by atoms with van der Waals surface area (Å²) in [4.78, 5) is 14.3. The van der Waals surface area contributed by atoms with E-state index < -0.39 is 0 Å². The number of nitrogens with zero attached hydrogens (tertiary/aromatic N) is 1. The highest BCUT2D eigenvalue weighted by molar-refractivity contribution is 6.02. The molecule has 0 aromatic heterocycles. The molecule has 0 amide bonds. The van der Waals surface area contributed by atoms with Gasteiger partial charge in [-0.2, -0.15) is 0 Å². The van der Waals surface area contributed by atoms with E-state index in [-0.39, 0.29) is 11.7 Å². The number of carbonyl (C=O) groups excluding carboxylic acids is 1. The van der Waals surface area contributed by atoms with Gasteiger partial charge in [0.25, 0.3) is 0 Å². The van der Waals surface area contributed by atoms with E-state index in [4.69, 9.17) is 4.74 Å². The minimum atomic E-state index is 0.152. The van der Waals surface area contributed by atoms with Crippen LogP contribution in [0.4, 0.5) is 0 Å². The zero-order valence-corrected chi connectivity index (χ0v) is 10.7. The second-order valence-electron chi connectivity index (χ2n) is 4.88. The van der Waals surface area contributed by atoms with Crippen LogP contribution < -0.4 is 4.74 Å². The normalized spacial score (nSPS) is 18.6. The number of ketones is 1. The third-order valence-electron chi connectivity index (χ3n) is 3.34. The van der Waals surface area contributed by atoms with Crippen molar-refractivity contribution in [1.82, 2.24) is 4.90 Å². The van der Waals surface area contributed by atoms with Crippen molar-refractivity contribution in [3.05, 3.63) is 29.3 Å².